The van der Waals surface area contributed by atoms with E-state index < -0.39 is 0 Å². The van der Waals surface area contributed by atoms with Crippen LogP contribution in [0.2, 0.25) is 0 Å². The molecule has 0 saturated carbocycles. The molecule has 3 nitrogen and oxygen atoms in total. The average Bonchev–Trinajstić information content (AvgIpc) is 2.60. The molecule has 0 saturated heterocycles. The molecule has 1 heterocycles. The third kappa shape index (κ3) is 5.34. The standard InChI is InChI=1S/C21H26N2O/c1-4-7-17-9-11-18(12-10-17)21(16(2)3)23-20(24)14-13-19-8-5-6-15-22-19/h5-6,8-16,21H,4,7H2,1-3H3,(H,23,24). The summed E-state index contributed by atoms with van der Waals surface area (Å²) < 4.78 is 0. The van der Waals surface area contributed by atoms with Crippen molar-refractivity contribution >= 4 is 12.0 Å². The molecule has 1 amide bonds. The zero-order chi connectivity index (χ0) is 17.4. The number of hydrogen-bond donors (Lipinski definition) is 1. The van der Waals surface area contributed by atoms with Crippen LogP contribution in [0, 0.1) is 5.92 Å². The van der Waals surface area contributed by atoms with Crippen LogP contribution in [0.3, 0.4) is 0 Å². The molecule has 0 bridgehead atoms. The van der Waals surface area contributed by atoms with Crippen molar-refractivity contribution in [3.63, 3.8) is 0 Å². The zero-order valence-electron chi connectivity index (χ0n) is 14.7. The highest BCUT2D eigenvalue weighted by atomic mass is 16.1. The van der Waals surface area contributed by atoms with Crippen molar-refractivity contribution in [3.05, 3.63) is 71.6 Å². The molecule has 2 aromatic rings. The summed E-state index contributed by atoms with van der Waals surface area (Å²) in [6, 6.07) is 14.2. The lowest BCUT2D eigenvalue weighted by Crippen LogP contribution is -2.30. The number of amides is 1. The Bertz CT molecular complexity index is 660. The molecule has 24 heavy (non-hydrogen) atoms. The van der Waals surface area contributed by atoms with E-state index in [0.717, 1.165) is 24.1 Å². The molecular formula is C21H26N2O. The molecule has 1 N–H and O–H groups in total. The Hall–Kier alpha value is -2.42. The summed E-state index contributed by atoms with van der Waals surface area (Å²) in [4.78, 5) is 16.4. The van der Waals surface area contributed by atoms with Crippen LogP contribution < -0.4 is 5.32 Å². The van der Waals surface area contributed by atoms with Gasteiger partial charge in [0, 0.05) is 12.3 Å². The second-order valence-electron chi connectivity index (χ2n) is 6.31. The third-order valence-corrected chi connectivity index (χ3v) is 3.94. The molecule has 0 radical (unpaired) electrons. The fourth-order valence-corrected chi connectivity index (χ4v) is 2.65. The number of pyridine rings is 1. The van der Waals surface area contributed by atoms with Gasteiger partial charge in [0.25, 0.3) is 0 Å². The smallest absolute Gasteiger partial charge is 0.244 e. The topological polar surface area (TPSA) is 42.0 Å². The van der Waals surface area contributed by atoms with Crippen molar-refractivity contribution in [2.75, 3.05) is 0 Å². The van der Waals surface area contributed by atoms with Gasteiger partial charge in [0.1, 0.15) is 0 Å². The Morgan fingerprint density at radius 2 is 1.92 bits per heavy atom. The van der Waals surface area contributed by atoms with Gasteiger partial charge in [-0.3, -0.25) is 9.78 Å². The normalized spacial score (nSPS) is 12.5. The van der Waals surface area contributed by atoms with Crippen molar-refractivity contribution in [1.29, 1.82) is 0 Å². The lowest BCUT2D eigenvalue weighted by Gasteiger charge is -2.22. The monoisotopic (exact) mass is 322 g/mol. The minimum Gasteiger partial charge on any atom is -0.345 e. The van der Waals surface area contributed by atoms with Crippen LogP contribution in [-0.2, 0) is 11.2 Å². The summed E-state index contributed by atoms with van der Waals surface area (Å²) >= 11 is 0. The molecule has 2 rings (SSSR count). The predicted molar refractivity (Wildman–Crippen MR) is 99.4 cm³/mol. The maximum absolute atomic E-state index is 12.2. The molecule has 1 aromatic heterocycles. The first kappa shape index (κ1) is 17.9. The fourth-order valence-electron chi connectivity index (χ4n) is 2.65. The largest absolute Gasteiger partial charge is 0.345 e. The first-order valence-corrected chi connectivity index (χ1v) is 8.58. The van der Waals surface area contributed by atoms with E-state index in [9.17, 15) is 4.79 Å². The van der Waals surface area contributed by atoms with E-state index in [1.165, 1.54) is 5.56 Å². The molecule has 1 unspecified atom stereocenters. The summed E-state index contributed by atoms with van der Waals surface area (Å²) in [5.74, 6) is 0.214. The van der Waals surface area contributed by atoms with Gasteiger partial charge in [-0.2, -0.15) is 0 Å². The van der Waals surface area contributed by atoms with Crippen LogP contribution in [0.15, 0.2) is 54.7 Å². The van der Waals surface area contributed by atoms with Crippen molar-refractivity contribution in [1.82, 2.24) is 10.3 Å². The van der Waals surface area contributed by atoms with E-state index in [-0.39, 0.29) is 11.9 Å². The van der Waals surface area contributed by atoms with Gasteiger partial charge < -0.3 is 5.32 Å². The lowest BCUT2D eigenvalue weighted by molar-refractivity contribution is -0.117. The number of hydrogen-bond acceptors (Lipinski definition) is 2. The molecule has 0 aliphatic heterocycles. The predicted octanol–water partition coefficient (Wildman–Crippen LogP) is 4.56. The van der Waals surface area contributed by atoms with Crippen LogP contribution >= 0.6 is 0 Å². The van der Waals surface area contributed by atoms with Crippen molar-refractivity contribution in [3.8, 4) is 0 Å². The van der Waals surface area contributed by atoms with Gasteiger partial charge in [-0.1, -0.05) is 57.5 Å². The Kier molecular flexibility index (Phi) is 6.74. The number of aromatic nitrogens is 1. The van der Waals surface area contributed by atoms with E-state index in [0.29, 0.717) is 5.92 Å². The first-order chi connectivity index (χ1) is 11.6. The highest BCUT2D eigenvalue weighted by Gasteiger charge is 2.17. The number of carbonyl (C=O) groups is 1. The Morgan fingerprint density at radius 1 is 1.17 bits per heavy atom. The van der Waals surface area contributed by atoms with Gasteiger partial charge in [-0.25, -0.2) is 0 Å². The number of nitrogens with zero attached hydrogens (tertiary/aromatic N) is 1. The SMILES string of the molecule is CCCc1ccc(C(NC(=O)C=Cc2ccccn2)C(C)C)cc1. The second kappa shape index (κ2) is 9.02. The van der Waals surface area contributed by atoms with Gasteiger partial charge in [0.15, 0.2) is 0 Å². The third-order valence-electron chi connectivity index (χ3n) is 3.94. The van der Waals surface area contributed by atoms with Crippen LogP contribution in [0.4, 0.5) is 0 Å². The Balaban J connectivity index is 2.05. The number of aryl methyl sites for hydroxylation is 1. The highest BCUT2D eigenvalue weighted by Crippen LogP contribution is 2.22. The molecule has 1 atom stereocenters. The van der Waals surface area contributed by atoms with Crippen LogP contribution in [-0.4, -0.2) is 10.9 Å². The van der Waals surface area contributed by atoms with Crippen LogP contribution in [0.25, 0.3) is 6.08 Å². The number of carbonyl (C=O) groups excluding carboxylic acids is 1. The summed E-state index contributed by atoms with van der Waals surface area (Å²) in [6.45, 7) is 6.42. The maximum atomic E-state index is 12.2. The van der Waals surface area contributed by atoms with Gasteiger partial charge in [0.05, 0.1) is 11.7 Å². The minimum absolute atomic E-state index is 0.00144. The Morgan fingerprint density at radius 3 is 2.50 bits per heavy atom. The van der Waals surface area contributed by atoms with Gasteiger partial charge >= 0.3 is 0 Å². The average molecular weight is 322 g/mol. The van der Waals surface area contributed by atoms with Crippen LogP contribution in [0.1, 0.15) is 50.1 Å². The molecule has 0 aliphatic carbocycles. The summed E-state index contributed by atoms with van der Waals surface area (Å²) in [5, 5.41) is 3.10. The number of benzene rings is 1. The van der Waals surface area contributed by atoms with Crippen LogP contribution in [0.5, 0.6) is 0 Å². The number of nitrogens with one attached hydrogen (secondary N) is 1. The first-order valence-electron chi connectivity index (χ1n) is 8.58. The molecular weight excluding hydrogens is 296 g/mol. The summed E-state index contributed by atoms with van der Waals surface area (Å²) in [5.41, 5.74) is 3.26. The second-order valence-corrected chi connectivity index (χ2v) is 6.31. The quantitative estimate of drug-likeness (QED) is 0.759. The van der Waals surface area contributed by atoms with Gasteiger partial charge in [0.2, 0.25) is 5.91 Å². The van der Waals surface area contributed by atoms with Gasteiger partial charge in [-0.15, -0.1) is 0 Å². The number of rotatable bonds is 7. The summed E-state index contributed by atoms with van der Waals surface area (Å²) in [7, 11) is 0. The van der Waals surface area contributed by atoms with Crippen molar-refractivity contribution < 1.29 is 4.79 Å². The van der Waals surface area contributed by atoms with Crippen molar-refractivity contribution in [2.24, 2.45) is 5.92 Å². The molecule has 0 spiro atoms. The van der Waals surface area contributed by atoms with Gasteiger partial charge in [-0.05, 0) is 41.7 Å². The van der Waals surface area contributed by atoms with Crippen molar-refractivity contribution in [2.45, 2.75) is 39.7 Å². The zero-order valence-corrected chi connectivity index (χ0v) is 14.7. The van der Waals surface area contributed by atoms with E-state index in [1.54, 1.807) is 18.3 Å². The Labute approximate surface area is 144 Å². The van der Waals surface area contributed by atoms with E-state index in [1.807, 2.05) is 18.2 Å². The molecule has 1 aromatic carbocycles. The van der Waals surface area contributed by atoms with E-state index in [4.69, 9.17) is 0 Å². The summed E-state index contributed by atoms with van der Waals surface area (Å²) in [6.07, 6.45) is 7.22. The fraction of sp³-hybridized carbons (Fsp3) is 0.333. The highest BCUT2D eigenvalue weighted by molar-refractivity contribution is 5.91. The molecule has 0 aliphatic rings. The maximum Gasteiger partial charge on any atom is 0.244 e. The minimum atomic E-state index is -0.100. The molecule has 0 fully saturated rings. The molecule has 126 valence electrons. The molecule has 3 heteroatoms. The van der Waals surface area contributed by atoms with E-state index >= 15 is 0 Å². The lowest BCUT2D eigenvalue weighted by atomic mass is 9.94. The van der Waals surface area contributed by atoms with E-state index in [2.05, 4.69) is 55.3 Å².